The molecule has 0 atom stereocenters. The molecule has 0 saturated carbocycles. The van der Waals surface area contributed by atoms with E-state index >= 15 is 0 Å². The van der Waals surface area contributed by atoms with Gasteiger partial charge in [0.05, 0.1) is 7.11 Å². The van der Waals surface area contributed by atoms with Gasteiger partial charge in [0, 0.05) is 40.5 Å². The molecule has 1 aromatic heterocycles. The number of anilines is 3. The normalized spacial score (nSPS) is 10.6. The SMILES string of the molecule is COc1cc(Nc2cc(Oc3ccc(N)c4ccccc34)ccn2)ccc1C(=O)O. The zero-order valence-electron chi connectivity index (χ0n) is 16.1. The minimum Gasteiger partial charge on any atom is -0.496 e. The summed E-state index contributed by atoms with van der Waals surface area (Å²) < 4.78 is 11.2. The number of pyridine rings is 1. The fraction of sp³-hybridized carbons (Fsp3) is 0.0435. The monoisotopic (exact) mass is 401 g/mol. The second-order valence-electron chi connectivity index (χ2n) is 6.52. The number of hydrogen-bond acceptors (Lipinski definition) is 6. The molecule has 0 aliphatic heterocycles. The third kappa shape index (κ3) is 3.81. The number of nitrogens with zero attached hydrogens (tertiary/aromatic N) is 1. The molecule has 4 aromatic rings. The Morgan fingerprint density at radius 2 is 1.80 bits per heavy atom. The van der Waals surface area contributed by atoms with Crippen LogP contribution in [0.3, 0.4) is 0 Å². The first-order valence-corrected chi connectivity index (χ1v) is 9.14. The molecule has 0 spiro atoms. The molecule has 7 heteroatoms. The number of carboxylic acid groups (broad SMARTS) is 1. The van der Waals surface area contributed by atoms with Gasteiger partial charge < -0.3 is 25.6 Å². The quantitative estimate of drug-likeness (QED) is 0.388. The summed E-state index contributed by atoms with van der Waals surface area (Å²) in [5.41, 5.74) is 7.47. The van der Waals surface area contributed by atoms with Crippen LogP contribution in [0.1, 0.15) is 10.4 Å². The molecule has 0 amide bonds. The molecule has 3 aromatic carbocycles. The Labute approximate surface area is 172 Å². The largest absolute Gasteiger partial charge is 0.496 e. The van der Waals surface area contributed by atoms with Crippen LogP contribution in [0.15, 0.2) is 72.9 Å². The van der Waals surface area contributed by atoms with E-state index in [1.807, 2.05) is 36.4 Å². The van der Waals surface area contributed by atoms with Crippen LogP contribution in [-0.2, 0) is 0 Å². The average molecular weight is 401 g/mol. The van der Waals surface area contributed by atoms with E-state index in [1.54, 1.807) is 30.5 Å². The molecule has 0 saturated heterocycles. The van der Waals surface area contributed by atoms with Crippen molar-refractivity contribution in [2.24, 2.45) is 0 Å². The number of aromatic carboxylic acids is 1. The zero-order chi connectivity index (χ0) is 21.1. The van der Waals surface area contributed by atoms with E-state index in [-0.39, 0.29) is 11.3 Å². The highest BCUT2D eigenvalue weighted by Gasteiger charge is 2.12. The molecule has 0 aliphatic rings. The first kappa shape index (κ1) is 19.1. The summed E-state index contributed by atoms with van der Waals surface area (Å²) in [4.78, 5) is 15.5. The Bertz CT molecular complexity index is 1240. The number of fused-ring (bicyclic) bond motifs is 1. The number of ether oxygens (including phenoxy) is 2. The lowest BCUT2D eigenvalue weighted by atomic mass is 10.1. The molecule has 0 bridgehead atoms. The van der Waals surface area contributed by atoms with Crippen LogP contribution >= 0.6 is 0 Å². The number of hydrogen-bond donors (Lipinski definition) is 3. The summed E-state index contributed by atoms with van der Waals surface area (Å²) in [7, 11) is 1.43. The predicted octanol–water partition coefficient (Wildman–Crippen LogP) is 5.06. The Morgan fingerprint density at radius 3 is 2.57 bits per heavy atom. The number of nitrogens with one attached hydrogen (secondary N) is 1. The minimum atomic E-state index is -1.05. The molecule has 4 N–H and O–H groups in total. The first-order chi connectivity index (χ1) is 14.5. The van der Waals surface area contributed by atoms with E-state index in [0.29, 0.717) is 28.7 Å². The number of nitrogens with two attached hydrogens (primary N) is 1. The molecule has 0 unspecified atom stereocenters. The molecule has 30 heavy (non-hydrogen) atoms. The van der Waals surface area contributed by atoms with Gasteiger partial charge in [-0.15, -0.1) is 0 Å². The molecule has 4 rings (SSSR count). The van der Waals surface area contributed by atoms with Crippen LogP contribution in [0, 0.1) is 0 Å². The van der Waals surface area contributed by atoms with Crippen LogP contribution < -0.4 is 20.5 Å². The lowest BCUT2D eigenvalue weighted by molar-refractivity contribution is 0.0693. The second-order valence-corrected chi connectivity index (χ2v) is 6.52. The van der Waals surface area contributed by atoms with Crippen molar-refractivity contribution < 1.29 is 19.4 Å². The third-order valence-electron chi connectivity index (χ3n) is 4.58. The topological polar surface area (TPSA) is 107 Å². The fourth-order valence-electron chi connectivity index (χ4n) is 3.15. The van der Waals surface area contributed by atoms with Crippen molar-refractivity contribution in [3.05, 3.63) is 78.5 Å². The Morgan fingerprint density at radius 1 is 1.00 bits per heavy atom. The van der Waals surface area contributed by atoms with Crippen LogP contribution in [0.2, 0.25) is 0 Å². The molecule has 1 heterocycles. The highest BCUT2D eigenvalue weighted by molar-refractivity contribution is 5.97. The summed E-state index contributed by atoms with van der Waals surface area (Å²) >= 11 is 0. The van der Waals surface area contributed by atoms with Gasteiger partial charge in [-0.2, -0.15) is 0 Å². The maximum absolute atomic E-state index is 11.2. The van der Waals surface area contributed by atoms with Gasteiger partial charge in [0.25, 0.3) is 0 Å². The summed E-state index contributed by atoms with van der Waals surface area (Å²) in [6.07, 6.45) is 1.63. The van der Waals surface area contributed by atoms with Gasteiger partial charge in [-0.3, -0.25) is 0 Å². The van der Waals surface area contributed by atoms with Crippen LogP contribution in [0.4, 0.5) is 17.2 Å². The number of aromatic nitrogens is 1. The number of rotatable bonds is 6. The molecular formula is C23H19N3O4. The third-order valence-corrected chi connectivity index (χ3v) is 4.58. The smallest absolute Gasteiger partial charge is 0.339 e. The van der Waals surface area contributed by atoms with Crippen molar-refractivity contribution in [2.45, 2.75) is 0 Å². The summed E-state index contributed by atoms with van der Waals surface area (Å²) in [6.45, 7) is 0. The summed E-state index contributed by atoms with van der Waals surface area (Å²) in [5, 5.41) is 14.2. The number of carboxylic acids is 1. The van der Waals surface area contributed by atoms with E-state index in [0.717, 1.165) is 10.8 Å². The standard InChI is InChI=1S/C23H19N3O4/c1-29-21-12-14(6-7-18(21)23(27)28)26-22-13-15(10-11-25-22)30-20-9-8-19(24)16-4-2-3-5-17(16)20/h2-13H,24H2,1H3,(H,25,26)(H,27,28). The van der Waals surface area contributed by atoms with Gasteiger partial charge in [-0.1, -0.05) is 24.3 Å². The molecule has 150 valence electrons. The number of methoxy groups -OCH3 is 1. The lowest BCUT2D eigenvalue weighted by Crippen LogP contribution is -2.01. The summed E-state index contributed by atoms with van der Waals surface area (Å²) in [5.74, 6) is 1.02. The lowest BCUT2D eigenvalue weighted by Gasteiger charge is -2.12. The molecular weight excluding hydrogens is 382 g/mol. The van der Waals surface area contributed by atoms with E-state index in [2.05, 4.69) is 10.3 Å². The maximum Gasteiger partial charge on any atom is 0.339 e. The number of nitrogen functional groups attached to an aromatic ring is 1. The van der Waals surface area contributed by atoms with Gasteiger partial charge in [0.15, 0.2) is 0 Å². The molecule has 0 aliphatic carbocycles. The van der Waals surface area contributed by atoms with Gasteiger partial charge in [-0.05, 0) is 30.3 Å². The van der Waals surface area contributed by atoms with Crippen molar-refractivity contribution in [1.82, 2.24) is 4.98 Å². The van der Waals surface area contributed by atoms with Gasteiger partial charge in [-0.25, -0.2) is 9.78 Å². The summed E-state index contributed by atoms with van der Waals surface area (Å²) in [6, 6.07) is 19.7. The Kier molecular flexibility index (Phi) is 5.09. The Balaban J connectivity index is 1.60. The van der Waals surface area contributed by atoms with Crippen LogP contribution in [-0.4, -0.2) is 23.2 Å². The first-order valence-electron chi connectivity index (χ1n) is 9.14. The van der Waals surface area contributed by atoms with E-state index in [1.165, 1.54) is 13.2 Å². The highest BCUT2D eigenvalue weighted by atomic mass is 16.5. The van der Waals surface area contributed by atoms with Crippen molar-refractivity contribution in [2.75, 3.05) is 18.2 Å². The van der Waals surface area contributed by atoms with Gasteiger partial charge in [0.1, 0.15) is 28.6 Å². The van der Waals surface area contributed by atoms with E-state index < -0.39 is 5.97 Å². The molecule has 0 fully saturated rings. The second kappa shape index (κ2) is 8.00. The highest BCUT2D eigenvalue weighted by Crippen LogP contribution is 2.34. The maximum atomic E-state index is 11.2. The van der Waals surface area contributed by atoms with Crippen molar-refractivity contribution in [1.29, 1.82) is 0 Å². The van der Waals surface area contributed by atoms with Crippen LogP contribution in [0.5, 0.6) is 17.2 Å². The van der Waals surface area contributed by atoms with Crippen molar-refractivity contribution >= 4 is 33.9 Å². The van der Waals surface area contributed by atoms with E-state index in [9.17, 15) is 9.90 Å². The van der Waals surface area contributed by atoms with Crippen molar-refractivity contribution in [3.63, 3.8) is 0 Å². The number of benzene rings is 3. The number of carbonyl (C=O) groups is 1. The molecule has 0 radical (unpaired) electrons. The predicted molar refractivity (Wildman–Crippen MR) is 116 cm³/mol. The minimum absolute atomic E-state index is 0.0864. The zero-order valence-corrected chi connectivity index (χ0v) is 16.1. The Hall–Kier alpha value is -4.26. The average Bonchev–Trinajstić information content (AvgIpc) is 2.76. The van der Waals surface area contributed by atoms with E-state index in [4.69, 9.17) is 15.2 Å². The van der Waals surface area contributed by atoms with Gasteiger partial charge >= 0.3 is 5.97 Å². The van der Waals surface area contributed by atoms with Crippen molar-refractivity contribution in [3.8, 4) is 17.2 Å². The van der Waals surface area contributed by atoms with Gasteiger partial charge in [0.2, 0.25) is 0 Å². The fourth-order valence-corrected chi connectivity index (χ4v) is 3.15. The molecule has 7 nitrogen and oxygen atoms in total. The van der Waals surface area contributed by atoms with Crippen LogP contribution in [0.25, 0.3) is 10.8 Å².